The van der Waals surface area contributed by atoms with Crippen molar-refractivity contribution >= 4 is 17.8 Å². The van der Waals surface area contributed by atoms with Crippen LogP contribution in [-0.4, -0.2) is 116 Å². The summed E-state index contributed by atoms with van der Waals surface area (Å²) in [5.41, 5.74) is 0.302. The molecule has 4 bridgehead atoms. The normalized spacial score (nSPS) is 23.1. The fourth-order valence-corrected chi connectivity index (χ4v) is 10.4. The van der Waals surface area contributed by atoms with Crippen LogP contribution in [-0.2, 0) is 29.1 Å². The number of carbonyl (C=O) groups is 3. The van der Waals surface area contributed by atoms with Crippen molar-refractivity contribution in [3.05, 3.63) is 45.6 Å². The number of H-pyrrole nitrogens is 1. The van der Waals surface area contributed by atoms with Crippen molar-refractivity contribution in [2.75, 3.05) is 47.3 Å². The molecule has 344 valence electrons. The summed E-state index contributed by atoms with van der Waals surface area (Å²) >= 11 is 0. The van der Waals surface area contributed by atoms with Gasteiger partial charge in [0.15, 0.2) is 0 Å². The van der Waals surface area contributed by atoms with Crippen LogP contribution in [0.15, 0.2) is 23.4 Å². The lowest BCUT2D eigenvalue weighted by molar-refractivity contribution is -0.0120. The highest BCUT2D eigenvalue weighted by Gasteiger charge is 2.49. The average molecular weight is 870 g/mol. The van der Waals surface area contributed by atoms with Crippen molar-refractivity contribution in [2.45, 2.75) is 122 Å². The van der Waals surface area contributed by atoms with Gasteiger partial charge in [-0.15, -0.1) is 0 Å². The fourth-order valence-electron chi connectivity index (χ4n) is 10.4. The number of aliphatic hydroxyl groups is 3. The third-order valence-corrected chi connectivity index (χ3v) is 13.3. The predicted octanol–water partition coefficient (Wildman–Crippen LogP) is 3.97. The number of methoxy groups -OCH3 is 2. The number of nitrogens with zero attached hydrogens (tertiary/aromatic N) is 5. The predicted molar refractivity (Wildman–Crippen MR) is 226 cm³/mol. The lowest BCUT2D eigenvalue weighted by Gasteiger charge is -2.54. The molecule has 0 spiro atoms. The summed E-state index contributed by atoms with van der Waals surface area (Å²) in [5, 5.41) is 41.3. The second-order valence-electron chi connectivity index (χ2n) is 17.5. The van der Waals surface area contributed by atoms with Crippen molar-refractivity contribution in [3.8, 4) is 11.8 Å². The first-order valence-electron chi connectivity index (χ1n) is 22.6. The molecule has 0 radical (unpaired) electrons. The molecule has 0 aromatic carbocycles. The van der Waals surface area contributed by atoms with Gasteiger partial charge in [0.25, 0.3) is 11.5 Å². The van der Waals surface area contributed by atoms with Crippen LogP contribution in [0.25, 0.3) is 0 Å². The van der Waals surface area contributed by atoms with Gasteiger partial charge in [-0.3, -0.25) is 14.3 Å². The summed E-state index contributed by atoms with van der Waals surface area (Å²) in [6, 6.07) is 0.308. The van der Waals surface area contributed by atoms with Crippen LogP contribution in [0.2, 0.25) is 0 Å². The number of hydrogen-bond acceptors (Lipinski definition) is 13. The molecule has 6 fully saturated rings. The van der Waals surface area contributed by atoms with E-state index < -0.39 is 17.5 Å². The maximum absolute atomic E-state index is 13.2. The third-order valence-electron chi connectivity index (χ3n) is 13.3. The highest BCUT2D eigenvalue weighted by molar-refractivity contribution is 5.96. The second kappa shape index (κ2) is 23.1. The van der Waals surface area contributed by atoms with Gasteiger partial charge in [-0.05, 0) is 93.3 Å². The Morgan fingerprint density at radius 2 is 1.15 bits per heavy atom. The Labute approximate surface area is 362 Å². The molecule has 3 aromatic heterocycles. The molecule has 0 aliphatic heterocycles. The minimum atomic E-state index is -0.682. The lowest BCUT2D eigenvalue weighted by Crippen LogP contribution is -2.55. The summed E-state index contributed by atoms with van der Waals surface area (Å²) < 4.78 is 25.4. The number of aliphatic hydroxyl groups excluding tert-OH is 3. The number of nitrogens with one attached hydrogen (secondary N) is 2. The minimum absolute atomic E-state index is 0.0158. The van der Waals surface area contributed by atoms with Gasteiger partial charge in [-0.2, -0.15) is 10.2 Å². The number of carbonyl (C=O) groups excluding carboxylic acids is 3. The molecule has 0 unspecified atom stereocenters. The van der Waals surface area contributed by atoms with Gasteiger partial charge >= 0.3 is 11.9 Å². The molecule has 6 aliphatic rings. The smallest absolute Gasteiger partial charge is 0.345 e. The van der Waals surface area contributed by atoms with Crippen LogP contribution in [0.1, 0.15) is 127 Å². The number of aromatic amines is 1. The minimum Gasteiger partial charge on any atom is -0.477 e. The van der Waals surface area contributed by atoms with Crippen molar-refractivity contribution in [1.29, 1.82) is 0 Å². The van der Waals surface area contributed by atoms with Gasteiger partial charge in [-0.1, -0.05) is 38.5 Å². The molecular weight excluding hydrogens is 803 g/mol. The number of esters is 2. The van der Waals surface area contributed by atoms with E-state index in [4.69, 9.17) is 24.4 Å². The first kappa shape index (κ1) is 46.8. The molecule has 62 heavy (non-hydrogen) atoms. The maximum atomic E-state index is 13.2. The molecule has 9 rings (SSSR count). The van der Waals surface area contributed by atoms with E-state index >= 15 is 0 Å². The van der Waals surface area contributed by atoms with Crippen molar-refractivity contribution in [3.63, 3.8) is 0 Å². The molecule has 18 heteroatoms. The van der Waals surface area contributed by atoms with Gasteiger partial charge in [-0.25, -0.2) is 19.0 Å². The molecule has 0 atom stereocenters. The first-order chi connectivity index (χ1) is 30.2. The Morgan fingerprint density at radius 1 is 0.677 bits per heavy atom. The van der Waals surface area contributed by atoms with Crippen molar-refractivity contribution < 1.29 is 48.7 Å². The van der Waals surface area contributed by atoms with E-state index in [1.165, 1.54) is 128 Å². The summed E-state index contributed by atoms with van der Waals surface area (Å²) in [4.78, 5) is 47.1. The molecule has 5 N–H and O–H groups in total. The fraction of sp³-hybridized carbons (Fsp3) is 0.727. The lowest BCUT2D eigenvalue weighted by atomic mass is 9.54. The molecule has 18 nitrogen and oxygen atoms in total. The monoisotopic (exact) mass is 869 g/mol. The van der Waals surface area contributed by atoms with E-state index in [2.05, 4.69) is 25.3 Å². The van der Waals surface area contributed by atoms with Crippen LogP contribution in [0, 0.1) is 35.5 Å². The zero-order valence-electron chi connectivity index (χ0n) is 36.4. The summed E-state index contributed by atoms with van der Waals surface area (Å²) in [6.45, 7) is 1.77. The van der Waals surface area contributed by atoms with Gasteiger partial charge in [0.1, 0.15) is 16.7 Å². The molecular formula is C44H67N7O11. The highest BCUT2D eigenvalue weighted by atomic mass is 16.5. The van der Waals surface area contributed by atoms with Gasteiger partial charge in [0.05, 0.1) is 79.3 Å². The second-order valence-corrected chi connectivity index (χ2v) is 17.5. The SMILES string of the molecule is COC(=O)c1c[nH]n(CCO)c1=O.COC(=O)c1cnn(CCO)c1OCC1CCCCC1.O=C(NC1C2CC3CC(C2)CC1C3)c1cnn(CCO)c1OCC1CCCCC1. The van der Waals surface area contributed by atoms with Crippen LogP contribution >= 0.6 is 0 Å². The maximum Gasteiger partial charge on any atom is 0.345 e. The average Bonchev–Trinajstić information content (AvgIpc) is 4.00. The zero-order valence-corrected chi connectivity index (χ0v) is 36.4. The Kier molecular flexibility index (Phi) is 17.5. The molecule has 1 amide bonds. The van der Waals surface area contributed by atoms with Gasteiger partial charge < -0.3 is 44.7 Å². The van der Waals surface area contributed by atoms with E-state index in [1.54, 1.807) is 10.9 Å². The molecule has 6 aliphatic carbocycles. The van der Waals surface area contributed by atoms with Crippen molar-refractivity contribution in [2.24, 2.45) is 35.5 Å². The van der Waals surface area contributed by atoms with Gasteiger partial charge in [0.2, 0.25) is 11.8 Å². The number of aromatic nitrogens is 6. The largest absolute Gasteiger partial charge is 0.477 e. The number of ether oxygens (including phenoxy) is 4. The number of amides is 1. The standard InChI is InChI=1S/C23H35N3O3.C14H22N2O4.C7H10N2O4/c27-7-6-26-23(29-14-15-4-2-1-3-5-15)20(13-24-26)22(28)25-21-18-9-16-8-17(11-18)12-19(21)10-16;1-19-14(18)12-9-15-16(7-8-17)13(12)20-10-11-5-3-2-4-6-11;1-13-7(12)5-4-8-9(2-3-10)6(5)11/h13,15-19,21,27H,1-12,14H2,(H,25,28);9,11,17H,2-8,10H2,1H3;4,8,10H,2-3H2,1H3. The Balaban J connectivity index is 0.000000169. The number of rotatable bonds is 16. The summed E-state index contributed by atoms with van der Waals surface area (Å²) in [7, 11) is 2.53. The molecule has 3 heterocycles. The van der Waals surface area contributed by atoms with E-state index in [0.29, 0.717) is 78.9 Å². The zero-order chi connectivity index (χ0) is 44.0. The van der Waals surface area contributed by atoms with E-state index in [-0.39, 0.29) is 37.8 Å². The van der Waals surface area contributed by atoms with Crippen LogP contribution in [0.4, 0.5) is 0 Å². The number of hydrogen-bond donors (Lipinski definition) is 5. The summed E-state index contributed by atoms with van der Waals surface area (Å²) in [6.07, 6.45) is 23.2. The van der Waals surface area contributed by atoms with Crippen LogP contribution in [0.3, 0.4) is 0 Å². The Hall–Kier alpha value is -4.68. The Morgan fingerprint density at radius 3 is 1.63 bits per heavy atom. The van der Waals surface area contributed by atoms with Crippen LogP contribution in [0.5, 0.6) is 11.8 Å². The van der Waals surface area contributed by atoms with E-state index in [0.717, 1.165) is 16.5 Å². The topological polar surface area (TPSA) is 234 Å². The van der Waals surface area contributed by atoms with Crippen molar-refractivity contribution in [1.82, 2.24) is 34.7 Å². The highest BCUT2D eigenvalue weighted by Crippen LogP contribution is 2.53. The third kappa shape index (κ3) is 11.9. The molecule has 6 saturated carbocycles. The van der Waals surface area contributed by atoms with E-state index in [9.17, 15) is 24.3 Å². The van der Waals surface area contributed by atoms with E-state index in [1.807, 2.05) is 0 Å². The molecule has 3 aromatic rings. The van der Waals surface area contributed by atoms with Gasteiger partial charge in [0, 0.05) is 12.2 Å². The molecule has 0 saturated heterocycles. The summed E-state index contributed by atoms with van der Waals surface area (Å²) in [5.74, 6) is 3.91. The first-order valence-corrected chi connectivity index (χ1v) is 22.6. The van der Waals surface area contributed by atoms with Crippen LogP contribution < -0.4 is 20.3 Å². The quantitative estimate of drug-likeness (QED) is 0.129. The Bertz CT molecular complexity index is 1910.